The molecule has 0 amide bonds. The number of benzene rings is 2. The number of rotatable bonds is 4. The Morgan fingerprint density at radius 3 is 2.19 bits per heavy atom. The van der Waals surface area contributed by atoms with Crippen molar-refractivity contribution in [1.29, 1.82) is 0 Å². The van der Waals surface area contributed by atoms with Crippen molar-refractivity contribution in [3.8, 4) is 0 Å². The van der Waals surface area contributed by atoms with Gasteiger partial charge in [-0.15, -0.1) is 0 Å². The number of hydrazine groups is 1. The van der Waals surface area contributed by atoms with Crippen molar-refractivity contribution >= 4 is 0 Å². The van der Waals surface area contributed by atoms with E-state index in [9.17, 15) is 13.2 Å². The van der Waals surface area contributed by atoms with E-state index in [1.54, 1.807) is 0 Å². The second-order valence-electron chi connectivity index (χ2n) is 4.77. The summed E-state index contributed by atoms with van der Waals surface area (Å²) in [7, 11) is 0. The van der Waals surface area contributed by atoms with Crippen molar-refractivity contribution in [3.63, 3.8) is 0 Å². The van der Waals surface area contributed by atoms with Gasteiger partial charge in [-0.05, 0) is 35.2 Å². The van der Waals surface area contributed by atoms with Crippen LogP contribution < -0.4 is 11.3 Å². The summed E-state index contributed by atoms with van der Waals surface area (Å²) in [6.45, 7) is 2.03. The molecule has 3 N–H and O–H groups in total. The van der Waals surface area contributed by atoms with Crippen molar-refractivity contribution < 1.29 is 13.2 Å². The summed E-state index contributed by atoms with van der Waals surface area (Å²) in [6.07, 6.45) is -3.50. The van der Waals surface area contributed by atoms with Crippen molar-refractivity contribution in [2.75, 3.05) is 0 Å². The first-order valence-electron chi connectivity index (χ1n) is 6.68. The van der Waals surface area contributed by atoms with Gasteiger partial charge in [-0.25, -0.2) is 5.43 Å². The Hall–Kier alpha value is -1.85. The van der Waals surface area contributed by atoms with Crippen LogP contribution in [0.4, 0.5) is 13.2 Å². The molecule has 5 heteroatoms. The molecule has 21 heavy (non-hydrogen) atoms. The molecule has 0 saturated heterocycles. The molecule has 2 rings (SSSR count). The summed E-state index contributed by atoms with van der Waals surface area (Å²) in [6, 6.07) is 12.5. The average Bonchev–Trinajstić information content (AvgIpc) is 2.48. The van der Waals surface area contributed by atoms with Crippen LogP contribution in [0.1, 0.15) is 35.2 Å². The normalized spacial score (nSPS) is 13.2. The molecule has 0 aromatic heterocycles. The number of nitrogens with one attached hydrogen (secondary N) is 1. The zero-order chi connectivity index (χ0) is 15.5. The third-order valence-corrected chi connectivity index (χ3v) is 3.49. The zero-order valence-electron chi connectivity index (χ0n) is 11.6. The topological polar surface area (TPSA) is 38.0 Å². The quantitative estimate of drug-likeness (QED) is 0.664. The minimum Gasteiger partial charge on any atom is -0.271 e. The van der Waals surface area contributed by atoms with Crippen molar-refractivity contribution in [2.45, 2.75) is 25.6 Å². The second-order valence-corrected chi connectivity index (χ2v) is 4.77. The molecule has 0 aliphatic heterocycles. The largest absolute Gasteiger partial charge is 0.416 e. The number of nitrogens with two attached hydrogens (primary N) is 1. The molecular formula is C16H17F3N2. The van der Waals surface area contributed by atoms with Crippen molar-refractivity contribution in [1.82, 2.24) is 5.43 Å². The standard InChI is InChI=1S/C16H17F3N2/c1-2-11-5-3-4-6-14(11)15(21-20)12-7-9-13(10-8-12)16(17,18)19/h3-10,15,21H,2,20H2,1H3. The molecule has 2 nitrogen and oxygen atoms in total. The first-order valence-corrected chi connectivity index (χ1v) is 6.68. The molecule has 0 aliphatic rings. The van der Waals surface area contributed by atoms with E-state index in [4.69, 9.17) is 5.84 Å². The summed E-state index contributed by atoms with van der Waals surface area (Å²) in [4.78, 5) is 0. The highest BCUT2D eigenvalue weighted by Gasteiger charge is 2.30. The molecule has 2 aromatic rings. The molecule has 1 unspecified atom stereocenters. The van der Waals surface area contributed by atoms with Crippen LogP contribution in [0.2, 0.25) is 0 Å². The Morgan fingerprint density at radius 2 is 1.67 bits per heavy atom. The zero-order valence-corrected chi connectivity index (χ0v) is 11.6. The van der Waals surface area contributed by atoms with Crippen LogP contribution in [0.3, 0.4) is 0 Å². The van der Waals surface area contributed by atoms with Crippen molar-refractivity contribution in [3.05, 3.63) is 70.8 Å². The minimum absolute atomic E-state index is 0.330. The van der Waals surface area contributed by atoms with Crippen LogP contribution in [-0.4, -0.2) is 0 Å². The van der Waals surface area contributed by atoms with Gasteiger partial charge in [0.15, 0.2) is 0 Å². The maximum absolute atomic E-state index is 12.6. The Labute approximate surface area is 121 Å². The van der Waals surface area contributed by atoms with E-state index in [2.05, 4.69) is 5.43 Å². The first kappa shape index (κ1) is 15.5. The molecule has 0 spiro atoms. The lowest BCUT2D eigenvalue weighted by molar-refractivity contribution is -0.137. The smallest absolute Gasteiger partial charge is 0.271 e. The predicted molar refractivity (Wildman–Crippen MR) is 76.4 cm³/mol. The van der Waals surface area contributed by atoms with Gasteiger partial charge in [0.25, 0.3) is 0 Å². The minimum atomic E-state index is -4.33. The van der Waals surface area contributed by atoms with Gasteiger partial charge < -0.3 is 0 Å². The molecule has 0 aliphatic carbocycles. The number of halogens is 3. The predicted octanol–water partition coefficient (Wildman–Crippen LogP) is 3.82. The van der Waals surface area contributed by atoms with E-state index in [0.29, 0.717) is 5.56 Å². The number of hydrogen-bond donors (Lipinski definition) is 2. The van der Waals surface area contributed by atoms with Gasteiger partial charge >= 0.3 is 6.18 Å². The van der Waals surface area contributed by atoms with Gasteiger partial charge in [-0.3, -0.25) is 5.84 Å². The molecule has 0 heterocycles. The number of alkyl halides is 3. The van der Waals surface area contributed by atoms with Gasteiger partial charge in [0.1, 0.15) is 0 Å². The molecule has 0 radical (unpaired) electrons. The van der Waals surface area contributed by atoms with Gasteiger partial charge in [-0.1, -0.05) is 43.3 Å². The van der Waals surface area contributed by atoms with E-state index in [-0.39, 0.29) is 6.04 Å². The second kappa shape index (κ2) is 6.28. The Kier molecular flexibility index (Phi) is 4.65. The highest BCUT2D eigenvalue weighted by molar-refractivity contribution is 5.38. The fraction of sp³-hybridized carbons (Fsp3) is 0.250. The van der Waals surface area contributed by atoms with Crippen LogP contribution >= 0.6 is 0 Å². The van der Waals surface area contributed by atoms with E-state index in [0.717, 1.165) is 29.7 Å². The highest BCUT2D eigenvalue weighted by Crippen LogP contribution is 2.31. The van der Waals surface area contributed by atoms with Crippen LogP contribution in [0.5, 0.6) is 0 Å². The lowest BCUT2D eigenvalue weighted by Gasteiger charge is -2.20. The monoisotopic (exact) mass is 294 g/mol. The van der Waals surface area contributed by atoms with Crippen molar-refractivity contribution in [2.24, 2.45) is 5.84 Å². The van der Waals surface area contributed by atoms with Crippen LogP contribution in [0.15, 0.2) is 48.5 Å². The summed E-state index contributed by atoms with van der Waals surface area (Å²) in [5.41, 5.74) is 4.81. The molecule has 0 saturated carbocycles. The van der Waals surface area contributed by atoms with Gasteiger partial charge in [0.05, 0.1) is 11.6 Å². The summed E-state index contributed by atoms with van der Waals surface area (Å²) in [5, 5.41) is 0. The molecular weight excluding hydrogens is 277 g/mol. The van der Waals surface area contributed by atoms with E-state index >= 15 is 0 Å². The lowest BCUT2D eigenvalue weighted by atomic mass is 9.93. The molecule has 112 valence electrons. The fourth-order valence-electron chi connectivity index (χ4n) is 2.37. The highest BCUT2D eigenvalue weighted by atomic mass is 19.4. The maximum Gasteiger partial charge on any atom is 0.416 e. The molecule has 2 aromatic carbocycles. The number of aryl methyl sites for hydroxylation is 1. The van der Waals surface area contributed by atoms with E-state index < -0.39 is 11.7 Å². The van der Waals surface area contributed by atoms with Crippen LogP contribution in [-0.2, 0) is 12.6 Å². The lowest BCUT2D eigenvalue weighted by Crippen LogP contribution is -2.29. The van der Waals surface area contributed by atoms with Crippen LogP contribution in [0, 0.1) is 0 Å². The number of hydrogen-bond acceptors (Lipinski definition) is 2. The summed E-state index contributed by atoms with van der Waals surface area (Å²) in [5.74, 6) is 5.61. The third kappa shape index (κ3) is 3.43. The van der Waals surface area contributed by atoms with E-state index in [1.807, 2.05) is 31.2 Å². The Bertz CT molecular complexity index is 591. The molecule has 1 atom stereocenters. The maximum atomic E-state index is 12.6. The molecule has 0 fully saturated rings. The first-order chi connectivity index (χ1) is 9.97. The average molecular weight is 294 g/mol. The third-order valence-electron chi connectivity index (χ3n) is 3.49. The van der Waals surface area contributed by atoms with Gasteiger partial charge in [0.2, 0.25) is 0 Å². The van der Waals surface area contributed by atoms with Gasteiger partial charge in [0, 0.05) is 0 Å². The Morgan fingerprint density at radius 1 is 1.05 bits per heavy atom. The summed E-state index contributed by atoms with van der Waals surface area (Å²) >= 11 is 0. The fourth-order valence-corrected chi connectivity index (χ4v) is 2.37. The SMILES string of the molecule is CCc1ccccc1C(NN)c1ccc(C(F)(F)F)cc1. The van der Waals surface area contributed by atoms with Crippen LogP contribution in [0.25, 0.3) is 0 Å². The van der Waals surface area contributed by atoms with E-state index in [1.165, 1.54) is 12.1 Å². The molecule has 0 bridgehead atoms. The van der Waals surface area contributed by atoms with Gasteiger partial charge in [-0.2, -0.15) is 13.2 Å². The Balaban J connectivity index is 2.38. The summed E-state index contributed by atoms with van der Waals surface area (Å²) < 4.78 is 37.8.